The molecular weight excluding hydrogens is 224 g/mol. The molecule has 1 aromatic rings. The molecule has 3 N–H and O–H groups in total. The zero-order valence-corrected chi connectivity index (χ0v) is 9.30. The summed E-state index contributed by atoms with van der Waals surface area (Å²) in [5.41, 5.74) is 5.63. The largest absolute Gasteiger partial charge is 0.391 e. The Morgan fingerprint density at radius 3 is 2.53 bits per heavy atom. The van der Waals surface area contributed by atoms with Crippen molar-refractivity contribution in [3.8, 4) is 0 Å². The summed E-state index contributed by atoms with van der Waals surface area (Å²) in [5, 5.41) is 9.45. The van der Waals surface area contributed by atoms with Gasteiger partial charge in [-0.25, -0.2) is 4.68 Å². The topological polar surface area (TPSA) is 93.5 Å². The molecule has 0 radical (unpaired) electrons. The van der Waals surface area contributed by atoms with Crippen LogP contribution in [0.25, 0.3) is 0 Å². The maximum atomic E-state index is 11.8. The predicted molar refractivity (Wildman–Crippen MR) is 60.7 cm³/mol. The third kappa shape index (κ3) is 1.25. The molecule has 1 saturated heterocycles. The standard InChI is InChI=1S/C10H14N4O3/c11-7-8(12-5-2-6(15)9(12)16)13-3-1-4-14(13)10(7)17/h6,15H,1-5,11H2. The van der Waals surface area contributed by atoms with Gasteiger partial charge in [0.15, 0.2) is 5.82 Å². The smallest absolute Gasteiger partial charge is 0.292 e. The van der Waals surface area contributed by atoms with Crippen LogP contribution in [0.1, 0.15) is 12.8 Å². The average Bonchev–Trinajstić information content (AvgIpc) is 2.94. The lowest BCUT2D eigenvalue weighted by Crippen LogP contribution is -2.31. The Morgan fingerprint density at radius 1 is 1.18 bits per heavy atom. The highest BCUT2D eigenvalue weighted by Crippen LogP contribution is 2.28. The molecule has 0 saturated carbocycles. The average molecular weight is 238 g/mol. The fourth-order valence-electron chi connectivity index (χ4n) is 2.58. The zero-order valence-electron chi connectivity index (χ0n) is 9.30. The van der Waals surface area contributed by atoms with E-state index in [1.165, 1.54) is 4.90 Å². The highest BCUT2D eigenvalue weighted by Gasteiger charge is 2.36. The highest BCUT2D eigenvalue weighted by molar-refractivity contribution is 6.00. The number of hydrogen-bond donors (Lipinski definition) is 2. The minimum absolute atomic E-state index is 0.104. The van der Waals surface area contributed by atoms with Crippen molar-refractivity contribution in [3.05, 3.63) is 10.4 Å². The van der Waals surface area contributed by atoms with Gasteiger partial charge in [0, 0.05) is 26.1 Å². The minimum atomic E-state index is -0.970. The summed E-state index contributed by atoms with van der Waals surface area (Å²) in [6.07, 6.45) is 0.284. The Labute approximate surface area is 97.0 Å². The van der Waals surface area contributed by atoms with E-state index >= 15 is 0 Å². The quantitative estimate of drug-likeness (QED) is 0.638. The van der Waals surface area contributed by atoms with Crippen molar-refractivity contribution in [2.24, 2.45) is 0 Å². The first kappa shape index (κ1) is 10.4. The summed E-state index contributed by atoms with van der Waals surface area (Å²) < 4.78 is 3.30. The number of aromatic nitrogens is 2. The molecule has 3 heterocycles. The van der Waals surface area contributed by atoms with E-state index in [4.69, 9.17) is 5.73 Å². The van der Waals surface area contributed by atoms with Gasteiger partial charge in [0.25, 0.3) is 11.5 Å². The molecule has 2 aliphatic rings. The molecular formula is C10H14N4O3. The number of rotatable bonds is 1. The van der Waals surface area contributed by atoms with Crippen LogP contribution in [0.4, 0.5) is 11.5 Å². The second-order valence-electron chi connectivity index (χ2n) is 4.44. The minimum Gasteiger partial charge on any atom is -0.391 e. The number of hydrogen-bond acceptors (Lipinski definition) is 4. The first-order valence-electron chi connectivity index (χ1n) is 5.70. The van der Waals surface area contributed by atoms with Crippen LogP contribution in [-0.4, -0.2) is 33.0 Å². The van der Waals surface area contributed by atoms with Crippen LogP contribution < -0.4 is 16.2 Å². The van der Waals surface area contributed by atoms with Crippen molar-refractivity contribution in [3.63, 3.8) is 0 Å². The lowest BCUT2D eigenvalue weighted by atomic mass is 10.3. The molecule has 7 heteroatoms. The molecule has 17 heavy (non-hydrogen) atoms. The number of amides is 1. The van der Waals surface area contributed by atoms with Crippen molar-refractivity contribution in [1.29, 1.82) is 0 Å². The van der Waals surface area contributed by atoms with E-state index in [9.17, 15) is 14.7 Å². The molecule has 7 nitrogen and oxygen atoms in total. The number of aliphatic hydroxyl groups is 1. The van der Waals surface area contributed by atoms with E-state index in [1.54, 1.807) is 9.36 Å². The first-order valence-corrected chi connectivity index (χ1v) is 5.70. The van der Waals surface area contributed by atoms with E-state index in [0.717, 1.165) is 6.42 Å². The van der Waals surface area contributed by atoms with Crippen LogP contribution in [0.3, 0.4) is 0 Å². The summed E-state index contributed by atoms with van der Waals surface area (Å²) in [6, 6.07) is 0. The SMILES string of the molecule is Nc1c(N2CCC(O)C2=O)n2n(c1=O)CCC2. The van der Waals surface area contributed by atoms with Crippen molar-refractivity contribution in [2.75, 3.05) is 17.2 Å². The van der Waals surface area contributed by atoms with Gasteiger partial charge in [-0.3, -0.25) is 19.2 Å². The second kappa shape index (κ2) is 3.36. The van der Waals surface area contributed by atoms with Crippen LogP contribution in [0.5, 0.6) is 0 Å². The first-order chi connectivity index (χ1) is 8.11. The molecule has 0 spiro atoms. The maximum Gasteiger partial charge on any atom is 0.292 e. The van der Waals surface area contributed by atoms with E-state index < -0.39 is 6.10 Å². The third-order valence-corrected chi connectivity index (χ3v) is 3.41. The number of aliphatic hydroxyl groups excluding tert-OH is 1. The molecule has 92 valence electrons. The Kier molecular flexibility index (Phi) is 2.06. The molecule has 1 amide bonds. The number of carbonyl (C=O) groups is 1. The van der Waals surface area contributed by atoms with Gasteiger partial charge in [-0.1, -0.05) is 0 Å². The van der Waals surface area contributed by atoms with E-state index in [1.807, 2.05) is 0 Å². The van der Waals surface area contributed by atoms with Crippen molar-refractivity contribution < 1.29 is 9.90 Å². The summed E-state index contributed by atoms with van der Waals surface area (Å²) in [4.78, 5) is 25.0. The molecule has 2 aliphatic heterocycles. The molecule has 1 aromatic heterocycles. The number of carbonyl (C=O) groups excluding carboxylic acids is 1. The maximum absolute atomic E-state index is 11.8. The van der Waals surface area contributed by atoms with Crippen LogP contribution in [-0.2, 0) is 17.9 Å². The van der Waals surface area contributed by atoms with Crippen LogP contribution >= 0.6 is 0 Å². The molecule has 1 fully saturated rings. The lowest BCUT2D eigenvalue weighted by molar-refractivity contribution is -0.124. The third-order valence-electron chi connectivity index (χ3n) is 3.41. The lowest BCUT2D eigenvalue weighted by Gasteiger charge is -2.17. The van der Waals surface area contributed by atoms with Gasteiger partial charge >= 0.3 is 0 Å². The van der Waals surface area contributed by atoms with Gasteiger partial charge in [0.1, 0.15) is 11.8 Å². The van der Waals surface area contributed by atoms with Crippen LogP contribution in [0.2, 0.25) is 0 Å². The number of nitrogen functional groups attached to an aromatic ring is 1. The van der Waals surface area contributed by atoms with Gasteiger partial charge in [0.2, 0.25) is 0 Å². The zero-order chi connectivity index (χ0) is 12.2. The Balaban J connectivity index is 2.13. The van der Waals surface area contributed by atoms with Gasteiger partial charge in [-0.15, -0.1) is 0 Å². The monoisotopic (exact) mass is 238 g/mol. The van der Waals surface area contributed by atoms with E-state index in [0.29, 0.717) is 31.9 Å². The van der Waals surface area contributed by atoms with Gasteiger partial charge in [-0.05, 0) is 6.42 Å². The molecule has 1 unspecified atom stereocenters. The van der Waals surface area contributed by atoms with Crippen molar-refractivity contribution in [2.45, 2.75) is 32.0 Å². The fourth-order valence-corrected chi connectivity index (χ4v) is 2.58. The van der Waals surface area contributed by atoms with E-state index in [2.05, 4.69) is 0 Å². The number of anilines is 2. The fraction of sp³-hybridized carbons (Fsp3) is 0.600. The molecule has 0 aromatic carbocycles. The highest BCUT2D eigenvalue weighted by atomic mass is 16.3. The van der Waals surface area contributed by atoms with Gasteiger partial charge in [-0.2, -0.15) is 0 Å². The summed E-state index contributed by atoms with van der Waals surface area (Å²) >= 11 is 0. The number of fused-ring (bicyclic) bond motifs is 1. The van der Waals surface area contributed by atoms with Gasteiger partial charge < -0.3 is 10.8 Å². The summed E-state index contributed by atoms with van der Waals surface area (Å²) in [6.45, 7) is 1.73. The summed E-state index contributed by atoms with van der Waals surface area (Å²) in [7, 11) is 0. The van der Waals surface area contributed by atoms with E-state index in [-0.39, 0.29) is 17.2 Å². The Hall–Kier alpha value is -1.76. The summed E-state index contributed by atoms with van der Waals surface area (Å²) in [5.74, 6) is 0.0820. The van der Waals surface area contributed by atoms with Crippen LogP contribution in [0.15, 0.2) is 4.79 Å². The molecule has 0 aliphatic carbocycles. The van der Waals surface area contributed by atoms with Gasteiger partial charge in [0.05, 0.1) is 0 Å². The predicted octanol–water partition coefficient (Wildman–Crippen LogP) is -1.27. The number of nitrogens with two attached hydrogens (primary N) is 1. The van der Waals surface area contributed by atoms with Crippen molar-refractivity contribution in [1.82, 2.24) is 9.36 Å². The molecule has 3 rings (SSSR count). The normalized spacial score (nSPS) is 23.5. The molecule has 1 atom stereocenters. The second-order valence-corrected chi connectivity index (χ2v) is 4.44. The molecule has 0 bridgehead atoms. The number of nitrogens with zero attached hydrogens (tertiary/aromatic N) is 3. The Bertz CT molecular complexity index is 544. The van der Waals surface area contributed by atoms with Crippen molar-refractivity contribution >= 4 is 17.4 Å². The van der Waals surface area contributed by atoms with Crippen LogP contribution in [0, 0.1) is 0 Å². The Morgan fingerprint density at radius 2 is 1.88 bits per heavy atom.